The molecule has 0 radical (unpaired) electrons. The van der Waals surface area contributed by atoms with Crippen molar-refractivity contribution in [1.82, 2.24) is 25.1 Å². The zero-order valence-corrected chi connectivity index (χ0v) is 18.4. The Kier molecular flexibility index (Phi) is 6.14. The van der Waals surface area contributed by atoms with Gasteiger partial charge < -0.3 is 9.64 Å². The lowest BCUT2D eigenvalue weighted by Crippen LogP contribution is -2.48. The van der Waals surface area contributed by atoms with Crippen LogP contribution in [0.25, 0.3) is 0 Å². The van der Waals surface area contributed by atoms with Crippen molar-refractivity contribution in [1.29, 1.82) is 0 Å². The monoisotopic (exact) mass is 436 g/mol. The topological polar surface area (TPSA) is 59.3 Å². The number of ether oxygens (including phenoxy) is 1. The fourth-order valence-corrected chi connectivity index (χ4v) is 4.68. The van der Waals surface area contributed by atoms with E-state index in [0.717, 1.165) is 57.1 Å². The number of piperazine rings is 1. The number of hydrogen-bond acceptors (Lipinski definition) is 6. The highest BCUT2D eigenvalue weighted by atomic mass is 19.1. The van der Waals surface area contributed by atoms with Gasteiger partial charge in [-0.15, -0.1) is 5.10 Å². The van der Waals surface area contributed by atoms with E-state index in [9.17, 15) is 4.39 Å². The van der Waals surface area contributed by atoms with Crippen LogP contribution in [0, 0.1) is 12.7 Å². The molecule has 0 spiro atoms. The van der Waals surface area contributed by atoms with Gasteiger partial charge in [-0.2, -0.15) is 0 Å². The minimum Gasteiger partial charge on any atom is -0.376 e. The Morgan fingerprint density at radius 3 is 2.47 bits per heavy atom. The largest absolute Gasteiger partial charge is 0.376 e. The van der Waals surface area contributed by atoms with Crippen LogP contribution in [0.15, 0.2) is 48.5 Å². The minimum atomic E-state index is -0.204. The van der Waals surface area contributed by atoms with Crippen molar-refractivity contribution in [3.63, 3.8) is 0 Å². The second-order valence-corrected chi connectivity index (χ2v) is 8.67. The van der Waals surface area contributed by atoms with Gasteiger partial charge in [0.05, 0.1) is 18.7 Å². The fraction of sp³-hybridized carbons (Fsp3) is 0.458. The van der Waals surface area contributed by atoms with E-state index in [1.807, 2.05) is 16.8 Å². The van der Waals surface area contributed by atoms with Crippen molar-refractivity contribution in [2.45, 2.75) is 38.5 Å². The Hall–Kier alpha value is -2.84. The third-order valence-electron chi connectivity index (χ3n) is 6.47. The smallest absolute Gasteiger partial charge is 0.173 e. The highest BCUT2D eigenvalue weighted by molar-refractivity contribution is 5.46. The van der Waals surface area contributed by atoms with E-state index in [1.54, 1.807) is 0 Å². The molecule has 5 rings (SSSR count). The predicted octanol–water partition coefficient (Wildman–Crippen LogP) is 3.21. The fourth-order valence-electron chi connectivity index (χ4n) is 4.68. The van der Waals surface area contributed by atoms with E-state index in [1.165, 1.54) is 23.3 Å². The SMILES string of the molecule is Cc1ccc([C@@H](c2nnnn2C[C@H]2CCCO2)N2CCN(c3ccc(F)cc3)CC2)cc1. The second kappa shape index (κ2) is 9.34. The van der Waals surface area contributed by atoms with Crippen LogP contribution in [0.5, 0.6) is 0 Å². The summed E-state index contributed by atoms with van der Waals surface area (Å²) in [5.41, 5.74) is 3.47. The molecular formula is C24H29FN6O. The van der Waals surface area contributed by atoms with Gasteiger partial charge >= 0.3 is 0 Å². The molecule has 2 atom stereocenters. The van der Waals surface area contributed by atoms with Crippen molar-refractivity contribution in [3.8, 4) is 0 Å². The summed E-state index contributed by atoms with van der Waals surface area (Å²) in [6.45, 7) is 7.05. The second-order valence-electron chi connectivity index (χ2n) is 8.67. The Morgan fingerprint density at radius 2 is 1.78 bits per heavy atom. The Bertz CT molecular complexity index is 1010. The molecule has 0 saturated carbocycles. The summed E-state index contributed by atoms with van der Waals surface area (Å²) >= 11 is 0. The zero-order valence-electron chi connectivity index (χ0n) is 18.4. The summed E-state index contributed by atoms with van der Waals surface area (Å²) in [5.74, 6) is 0.657. The normalized spacial score (nSPS) is 20.6. The first kappa shape index (κ1) is 21.0. The lowest BCUT2D eigenvalue weighted by molar-refractivity contribution is 0.0906. The molecule has 32 heavy (non-hydrogen) atoms. The third kappa shape index (κ3) is 4.52. The molecule has 0 unspecified atom stereocenters. The summed E-state index contributed by atoms with van der Waals surface area (Å²) in [4.78, 5) is 4.75. The quantitative estimate of drug-likeness (QED) is 0.592. The van der Waals surface area contributed by atoms with Crippen molar-refractivity contribution in [2.75, 3.05) is 37.7 Å². The Labute approximate surface area is 187 Å². The molecule has 3 aromatic rings. The molecule has 2 aliphatic rings. The van der Waals surface area contributed by atoms with Crippen LogP contribution < -0.4 is 4.90 Å². The number of halogens is 1. The lowest BCUT2D eigenvalue weighted by atomic mass is 10.0. The van der Waals surface area contributed by atoms with Gasteiger partial charge in [0, 0.05) is 38.5 Å². The molecule has 7 nitrogen and oxygen atoms in total. The maximum Gasteiger partial charge on any atom is 0.173 e. The number of nitrogens with zero attached hydrogens (tertiary/aromatic N) is 6. The highest BCUT2D eigenvalue weighted by Gasteiger charge is 2.31. The summed E-state index contributed by atoms with van der Waals surface area (Å²) in [6, 6.07) is 15.4. The molecule has 8 heteroatoms. The molecule has 1 aromatic heterocycles. The van der Waals surface area contributed by atoms with Crippen LogP contribution in [0.2, 0.25) is 0 Å². The molecule has 0 N–H and O–H groups in total. The number of anilines is 1. The lowest BCUT2D eigenvalue weighted by Gasteiger charge is -2.40. The van der Waals surface area contributed by atoms with Gasteiger partial charge in [0.15, 0.2) is 5.82 Å². The molecular weight excluding hydrogens is 407 g/mol. The molecule has 2 aromatic carbocycles. The number of hydrogen-bond donors (Lipinski definition) is 0. The molecule has 2 aliphatic heterocycles. The number of rotatable bonds is 6. The van der Waals surface area contributed by atoms with E-state index in [-0.39, 0.29) is 18.0 Å². The average Bonchev–Trinajstić information content (AvgIpc) is 3.49. The van der Waals surface area contributed by atoms with Crippen LogP contribution in [-0.2, 0) is 11.3 Å². The van der Waals surface area contributed by atoms with Crippen LogP contribution >= 0.6 is 0 Å². The average molecular weight is 437 g/mol. The molecule has 0 amide bonds. The first-order valence-electron chi connectivity index (χ1n) is 11.4. The molecule has 2 saturated heterocycles. The van der Waals surface area contributed by atoms with Gasteiger partial charge in [-0.25, -0.2) is 9.07 Å². The predicted molar refractivity (Wildman–Crippen MR) is 120 cm³/mol. The summed E-state index contributed by atoms with van der Waals surface area (Å²) < 4.78 is 21.1. The van der Waals surface area contributed by atoms with Crippen LogP contribution in [-0.4, -0.2) is 64.0 Å². The number of aromatic nitrogens is 4. The molecule has 0 bridgehead atoms. The van der Waals surface area contributed by atoms with Gasteiger partial charge in [-0.1, -0.05) is 29.8 Å². The Morgan fingerprint density at radius 1 is 1.03 bits per heavy atom. The van der Waals surface area contributed by atoms with Gasteiger partial charge in [-0.05, 0) is 60.0 Å². The van der Waals surface area contributed by atoms with E-state index in [4.69, 9.17) is 4.74 Å². The zero-order chi connectivity index (χ0) is 21.9. The van der Waals surface area contributed by atoms with Crippen molar-refractivity contribution in [2.24, 2.45) is 0 Å². The minimum absolute atomic E-state index is 0.0256. The highest BCUT2D eigenvalue weighted by Crippen LogP contribution is 2.30. The summed E-state index contributed by atoms with van der Waals surface area (Å²) in [6.07, 6.45) is 2.31. The summed E-state index contributed by atoms with van der Waals surface area (Å²) in [7, 11) is 0. The number of tetrazole rings is 1. The number of aryl methyl sites for hydroxylation is 1. The van der Waals surface area contributed by atoms with Crippen LogP contribution in [0.4, 0.5) is 10.1 Å². The Balaban J connectivity index is 1.38. The third-order valence-corrected chi connectivity index (χ3v) is 6.47. The van der Waals surface area contributed by atoms with Gasteiger partial charge in [0.25, 0.3) is 0 Å². The van der Waals surface area contributed by atoms with E-state index in [2.05, 4.69) is 56.5 Å². The summed E-state index contributed by atoms with van der Waals surface area (Å²) in [5, 5.41) is 12.8. The van der Waals surface area contributed by atoms with Gasteiger partial charge in [0.2, 0.25) is 0 Å². The van der Waals surface area contributed by atoms with Gasteiger partial charge in [-0.3, -0.25) is 4.90 Å². The maximum atomic E-state index is 13.3. The van der Waals surface area contributed by atoms with E-state index >= 15 is 0 Å². The maximum absolute atomic E-state index is 13.3. The van der Waals surface area contributed by atoms with Crippen LogP contribution in [0.1, 0.15) is 35.8 Å². The van der Waals surface area contributed by atoms with E-state index in [0.29, 0.717) is 6.54 Å². The molecule has 168 valence electrons. The van der Waals surface area contributed by atoms with Crippen molar-refractivity contribution in [3.05, 3.63) is 71.3 Å². The van der Waals surface area contributed by atoms with Gasteiger partial charge in [0.1, 0.15) is 5.82 Å². The first-order chi connectivity index (χ1) is 15.7. The molecule has 0 aliphatic carbocycles. The van der Waals surface area contributed by atoms with Crippen molar-refractivity contribution >= 4 is 5.69 Å². The standard InChI is InChI=1S/C24H29FN6O/c1-18-4-6-19(7-5-18)23(24-26-27-28-31(24)17-22-3-2-16-32-22)30-14-12-29(13-15-30)21-10-8-20(25)9-11-21/h4-11,22-23H,2-3,12-17H2,1H3/t22-,23+/m1/s1. The molecule has 2 fully saturated rings. The van der Waals surface area contributed by atoms with Crippen molar-refractivity contribution < 1.29 is 9.13 Å². The molecule has 3 heterocycles. The first-order valence-corrected chi connectivity index (χ1v) is 11.4. The van der Waals surface area contributed by atoms with E-state index < -0.39 is 0 Å². The number of benzene rings is 2. The van der Waals surface area contributed by atoms with Crippen LogP contribution in [0.3, 0.4) is 0 Å².